The van der Waals surface area contributed by atoms with Gasteiger partial charge in [0.15, 0.2) is 0 Å². The summed E-state index contributed by atoms with van der Waals surface area (Å²) in [5.41, 5.74) is 1.11. The van der Waals surface area contributed by atoms with E-state index in [-0.39, 0.29) is 34.9 Å². The predicted octanol–water partition coefficient (Wildman–Crippen LogP) is 6.17. The zero-order valence-corrected chi connectivity index (χ0v) is 12.3. The van der Waals surface area contributed by atoms with Gasteiger partial charge in [0.05, 0.1) is 24.3 Å². The highest BCUT2D eigenvalue weighted by atomic mass is 32.2. The van der Waals surface area contributed by atoms with E-state index in [4.69, 9.17) is 0 Å². The Morgan fingerprint density at radius 3 is 2.43 bits per heavy atom. The fourth-order valence-corrected chi connectivity index (χ4v) is 3.15. The SMILES string of the molecule is Oc1ccc2ccccc2c1-c1ccc(SF)cc1SF. The van der Waals surface area contributed by atoms with E-state index in [0.717, 1.165) is 10.8 Å². The Hall–Kier alpha value is -1.72. The van der Waals surface area contributed by atoms with Crippen molar-refractivity contribution in [1.82, 2.24) is 0 Å². The van der Waals surface area contributed by atoms with Crippen LogP contribution in [0, 0.1) is 0 Å². The summed E-state index contributed by atoms with van der Waals surface area (Å²) in [4.78, 5) is 0.614. The normalized spacial score (nSPS) is 11.0. The Morgan fingerprint density at radius 1 is 0.857 bits per heavy atom. The van der Waals surface area contributed by atoms with Gasteiger partial charge in [0.2, 0.25) is 0 Å². The lowest BCUT2D eigenvalue weighted by molar-refractivity contribution is 0.478. The average Bonchev–Trinajstić information content (AvgIpc) is 2.54. The number of phenolic OH excluding ortho intramolecular Hbond substituents is 1. The molecule has 1 nitrogen and oxygen atoms in total. The first-order chi connectivity index (χ1) is 10.2. The molecular formula is C16H10F2OS2. The molecule has 0 spiro atoms. The molecule has 0 aliphatic carbocycles. The zero-order valence-electron chi connectivity index (χ0n) is 10.7. The van der Waals surface area contributed by atoms with Crippen molar-refractivity contribution >= 4 is 35.1 Å². The van der Waals surface area contributed by atoms with Crippen LogP contribution in [0.15, 0.2) is 64.4 Å². The molecule has 0 unspecified atom stereocenters. The summed E-state index contributed by atoms with van der Waals surface area (Å²) >= 11 is 0.113. The van der Waals surface area contributed by atoms with Gasteiger partial charge in [-0.2, -0.15) is 7.77 Å². The fourth-order valence-electron chi connectivity index (χ4n) is 2.36. The Morgan fingerprint density at radius 2 is 1.67 bits per heavy atom. The highest BCUT2D eigenvalue weighted by Gasteiger charge is 2.14. The molecule has 0 saturated heterocycles. The fraction of sp³-hybridized carbons (Fsp3) is 0. The Balaban J connectivity index is 2.32. The lowest BCUT2D eigenvalue weighted by Gasteiger charge is -2.12. The topological polar surface area (TPSA) is 20.2 Å². The van der Waals surface area contributed by atoms with Crippen molar-refractivity contribution in [3.63, 3.8) is 0 Å². The van der Waals surface area contributed by atoms with Gasteiger partial charge in [-0.05, 0) is 29.0 Å². The molecule has 5 heteroatoms. The molecule has 0 radical (unpaired) electrons. The van der Waals surface area contributed by atoms with E-state index in [1.54, 1.807) is 18.2 Å². The van der Waals surface area contributed by atoms with E-state index in [1.807, 2.05) is 30.3 Å². The maximum atomic E-state index is 13.2. The lowest BCUT2D eigenvalue weighted by Crippen LogP contribution is -1.86. The molecule has 0 aliphatic rings. The molecule has 0 fully saturated rings. The van der Waals surface area contributed by atoms with Crippen LogP contribution in [-0.2, 0) is 0 Å². The molecule has 0 atom stereocenters. The van der Waals surface area contributed by atoms with Gasteiger partial charge in [0, 0.05) is 20.9 Å². The molecule has 1 N–H and O–H groups in total. The van der Waals surface area contributed by atoms with Gasteiger partial charge >= 0.3 is 0 Å². The van der Waals surface area contributed by atoms with Crippen molar-refractivity contribution in [2.75, 3.05) is 0 Å². The summed E-state index contributed by atoms with van der Waals surface area (Å²) in [6, 6.07) is 15.6. The first-order valence-electron chi connectivity index (χ1n) is 6.17. The smallest absolute Gasteiger partial charge is 0.124 e. The summed E-state index contributed by atoms with van der Waals surface area (Å²) < 4.78 is 25.9. The van der Waals surface area contributed by atoms with Gasteiger partial charge in [-0.3, -0.25) is 0 Å². The van der Waals surface area contributed by atoms with Crippen LogP contribution in [0.25, 0.3) is 21.9 Å². The monoisotopic (exact) mass is 320 g/mol. The number of hydrogen-bond acceptors (Lipinski definition) is 3. The molecule has 0 saturated carbocycles. The molecule has 0 heterocycles. The summed E-state index contributed by atoms with van der Waals surface area (Å²) in [6.45, 7) is 0. The van der Waals surface area contributed by atoms with Crippen molar-refractivity contribution in [2.45, 2.75) is 9.79 Å². The van der Waals surface area contributed by atoms with E-state index in [1.165, 1.54) is 6.07 Å². The number of hydrogen-bond donors (Lipinski definition) is 1. The van der Waals surface area contributed by atoms with Crippen molar-refractivity contribution < 1.29 is 12.9 Å². The third-order valence-corrected chi connectivity index (χ3v) is 4.24. The minimum atomic E-state index is 0.0459. The molecule has 0 bridgehead atoms. The minimum Gasteiger partial charge on any atom is -0.507 e. The van der Waals surface area contributed by atoms with E-state index in [9.17, 15) is 12.9 Å². The van der Waals surface area contributed by atoms with Crippen LogP contribution in [-0.4, -0.2) is 5.11 Å². The van der Waals surface area contributed by atoms with Gasteiger partial charge in [0.25, 0.3) is 0 Å². The summed E-state index contributed by atoms with van der Waals surface area (Å²) in [6.07, 6.45) is 0. The van der Waals surface area contributed by atoms with Crippen LogP contribution in [0.3, 0.4) is 0 Å². The van der Waals surface area contributed by atoms with Gasteiger partial charge in [-0.25, -0.2) is 0 Å². The Bertz CT molecular complexity index is 805. The first kappa shape index (κ1) is 14.2. The molecular weight excluding hydrogens is 310 g/mol. The number of aromatic hydroxyl groups is 1. The third-order valence-electron chi connectivity index (χ3n) is 3.30. The van der Waals surface area contributed by atoms with Crippen molar-refractivity contribution in [1.29, 1.82) is 0 Å². The second kappa shape index (κ2) is 5.95. The Labute approximate surface area is 129 Å². The Kier molecular flexibility index (Phi) is 4.03. The lowest BCUT2D eigenvalue weighted by atomic mass is 9.97. The number of phenols is 1. The average molecular weight is 320 g/mol. The predicted molar refractivity (Wildman–Crippen MR) is 85.0 cm³/mol. The maximum Gasteiger partial charge on any atom is 0.124 e. The van der Waals surface area contributed by atoms with Crippen molar-refractivity contribution in [2.24, 2.45) is 0 Å². The highest BCUT2D eigenvalue weighted by Crippen LogP contribution is 2.42. The standard InChI is InChI=1S/C16H10F2OS2/c17-20-11-6-7-13(15(9-11)21-18)16-12-4-2-1-3-10(12)5-8-14(16)19/h1-9,19H. The van der Waals surface area contributed by atoms with Gasteiger partial charge < -0.3 is 5.11 Å². The van der Waals surface area contributed by atoms with Crippen molar-refractivity contribution in [3.8, 4) is 16.9 Å². The third kappa shape index (κ3) is 2.59. The van der Waals surface area contributed by atoms with E-state index in [2.05, 4.69) is 0 Å². The molecule has 0 aromatic heterocycles. The number of fused-ring (bicyclic) bond motifs is 1. The summed E-state index contributed by atoms with van der Waals surface area (Å²) in [7, 11) is 0. The van der Waals surface area contributed by atoms with Crippen LogP contribution in [0.4, 0.5) is 7.77 Å². The molecule has 106 valence electrons. The van der Waals surface area contributed by atoms with Crippen LogP contribution in [0.2, 0.25) is 0 Å². The molecule has 0 amide bonds. The van der Waals surface area contributed by atoms with Gasteiger partial charge in [0.1, 0.15) is 5.75 Å². The summed E-state index contributed by atoms with van der Waals surface area (Å²) in [5, 5.41) is 12.0. The number of halogens is 2. The molecule has 0 aliphatic heterocycles. The number of rotatable bonds is 3. The molecule has 21 heavy (non-hydrogen) atoms. The summed E-state index contributed by atoms with van der Waals surface area (Å²) in [5.74, 6) is 0.0738. The van der Waals surface area contributed by atoms with Crippen LogP contribution in [0.5, 0.6) is 5.75 Å². The second-order valence-electron chi connectivity index (χ2n) is 4.49. The highest BCUT2D eigenvalue weighted by molar-refractivity contribution is 7.95. The maximum absolute atomic E-state index is 13.2. The van der Waals surface area contributed by atoms with Gasteiger partial charge in [-0.15, -0.1) is 0 Å². The largest absolute Gasteiger partial charge is 0.507 e. The molecule has 3 rings (SSSR count). The second-order valence-corrected chi connectivity index (χ2v) is 5.71. The van der Waals surface area contributed by atoms with Crippen LogP contribution in [0.1, 0.15) is 0 Å². The first-order valence-corrected chi connectivity index (χ1v) is 7.60. The molecule has 3 aromatic rings. The van der Waals surface area contributed by atoms with Crippen LogP contribution < -0.4 is 0 Å². The van der Waals surface area contributed by atoms with E-state index in [0.29, 0.717) is 16.0 Å². The van der Waals surface area contributed by atoms with E-state index >= 15 is 0 Å². The van der Waals surface area contributed by atoms with Crippen LogP contribution >= 0.6 is 24.3 Å². The van der Waals surface area contributed by atoms with Crippen molar-refractivity contribution in [3.05, 3.63) is 54.6 Å². The van der Waals surface area contributed by atoms with E-state index < -0.39 is 0 Å². The minimum absolute atomic E-state index is 0.0459. The quantitative estimate of drug-likeness (QED) is 0.623. The zero-order chi connectivity index (χ0) is 14.8. The number of benzene rings is 3. The molecule has 3 aromatic carbocycles. The van der Waals surface area contributed by atoms with Gasteiger partial charge in [-0.1, -0.05) is 36.4 Å².